The zero-order valence-corrected chi connectivity index (χ0v) is 11.3. The van der Waals surface area contributed by atoms with Crippen molar-refractivity contribution >= 4 is 17.3 Å². The van der Waals surface area contributed by atoms with E-state index in [2.05, 4.69) is 4.85 Å². The maximum Gasteiger partial charge on any atom is 0.407 e. The minimum absolute atomic E-state index is 0.380. The first-order valence-electron chi connectivity index (χ1n) is 5.88. The molecule has 1 rings (SSSR count). The number of nitrogens with two attached hydrogens (primary N) is 1. The number of amides is 1. The average Bonchev–Trinajstić information content (AvgIpc) is 2.43. The van der Waals surface area contributed by atoms with Crippen molar-refractivity contribution in [2.45, 2.75) is 12.4 Å². The lowest BCUT2D eigenvalue weighted by Crippen LogP contribution is -2.44. The lowest BCUT2D eigenvalue weighted by Gasteiger charge is -2.26. The van der Waals surface area contributed by atoms with Crippen molar-refractivity contribution in [2.75, 3.05) is 18.0 Å². The Hall–Kier alpha value is -2.48. The highest BCUT2D eigenvalue weighted by Crippen LogP contribution is 2.39. The lowest BCUT2D eigenvalue weighted by molar-refractivity contribution is -0.136. The van der Waals surface area contributed by atoms with Crippen LogP contribution in [-0.2, 0) is 11.0 Å². The summed E-state index contributed by atoms with van der Waals surface area (Å²) in [6.45, 7) is 4.12. The Bertz CT molecular complexity index is 619. The highest BCUT2D eigenvalue weighted by atomic mass is 19.4. The maximum atomic E-state index is 12.9. The molecule has 11 heteroatoms. The standard InChI is InChI=1S/C12H10F6N4O/c1-20-9-3-2-7(4-8(9)12(16,17)18)22(5-10(23)21-19)6-11(13,14)15/h2-4H,5-6,19H2,(H,21,23). The number of nitrogens with zero attached hydrogens (tertiary/aromatic N) is 2. The average molecular weight is 340 g/mol. The molecule has 0 saturated carbocycles. The van der Waals surface area contributed by atoms with Crippen molar-refractivity contribution in [2.24, 2.45) is 5.84 Å². The van der Waals surface area contributed by atoms with Crippen LogP contribution in [0.4, 0.5) is 37.7 Å². The molecule has 23 heavy (non-hydrogen) atoms. The quantitative estimate of drug-likeness (QED) is 0.291. The predicted octanol–water partition coefficient (Wildman–Crippen LogP) is 2.61. The molecule has 126 valence electrons. The summed E-state index contributed by atoms with van der Waals surface area (Å²) in [6.07, 6.45) is -9.68. The lowest BCUT2D eigenvalue weighted by atomic mass is 10.1. The third-order valence-corrected chi connectivity index (χ3v) is 2.64. The van der Waals surface area contributed by atoms with E-state index in [4.69, 9.17) is 12.4 Å². The smallest absolute Gasteiger partial charge is 0.353 e. The number of benzene rings is 1. The molecule has 1 amide bonds. The minimum atomic E-state index is -4.92. The van der Waals surface area contributed by atoms with Gasteiger partial charge >= 0.3 is 12.4 Å². The van der Waals surface area contributed by atoms with Gasteiger partial charge in [0.15, 0.2) is 5.69 Å². The molecule has 0 aromatic heterocycles. The van der Waals surface area contributed by atoms with Gasteiger partial charge in [0.05, 0.1) is 18.7 Å². The molecule has 0 spiro atoms. The van der Waals surface area contributed by atoms with Crippen LogP contribution in [0.15, 0.2) is 18.2 Å². The molecule has 0 aliphatic rings. The van der Waals surface area contributed by atoms with Crippen molar-refractivity contribution in [1.82, 2.24) is 5.43 Å². The Morgan fingerprint density at radius 2 is 1.87 bits per heavy atom. The van der Waals surface area contributed by atoms with E-state index < -0.39 is 48.3 Å². The number of hydrazine groups is 1. The Labute approximate surface area is 126 Å². The van der Waals surface area contributed by atoms with Gasteiger partial charge in [-0.15, -0.1) is 0 Å². The summed E-state index contributed by atoms with van der Waals surface area (Å²) < 4.78 is 76.2. The van der Waals surface area contributed by atoms with E-state index in [1.807, 2.05) is 0 Å². The molecule has 1 aromatic carbocycles. The number of rotatable bonds is 4. The molecule has 5 nitrogen and oxygen atoms in total. The molecule has 3 N–H and O–H groups in total. The highest BCUT2D eigenvalue weighted by Gasteiger charge is 2.36. The van der Waals surface area contributed by atoms with E-state index in [1.54, 1.807) is 5.43 Å². The van der Waals surface area contributed by atoms with Gasteiger partial charge in [-0.1, -0.05) is 6.07 Å². The van der Waals surface area contributed by atoms with Gasteiger partial charge in [-0.05, 0) is 12.1 Å². The van der Waals surface area contributed by atoms with Crippen LogP contribution in [0.25, 0.3) is 4.85 Å². The molecular formula is C12H10F6N4O. The summed E-state index contributed by atoms with van der Waals surface area (Å²) in [5.74, 6) is 3.76. The van der Waals surface area contributed by atoms with Crippen LogP contribution in [0.5, 0.6) is 0 Å². The van der Waals surface area contributed by atoms with Crippen LogP contribution < -0.4 is 16.2 Å². The number of halogens is 6. The van der Waals surface area contributed by atoms with E-state index in [9.17, 15) is 31.1 Å². The number of hydrogen-bond acceptors (Lipinski definition) is 3. The first kappa shape index (κ1) is 18.6. The fraction of sp³-hybridized carbons (Fsp3) is 0.333. The Morgan fingerprint density at radius 1 is 1.26 bits per heavy atom. The second-order valence-electron chi connectivity index (χ2n) is 4.35. The molecule has 0 aliphatic heterocycles. The molecule has 0 atom stereocenters. The van der Waals surface area contributed by atoms with Crippen molar-refractivity contribution in [1.29, 1.82) is 0 Å². The third-order valence-electron chi connectivity index (χ3n) is 2.64. The van der Waals surface area contributed by atoms with Crippen LogP contribution >= 0.6 is 0 Å². The largest absolute Gasteiger partial charge is 0.407 e. The monoisotopic (exact) mass is 340 g/mol. The molecule has 0 fully saturated rings. The summed E-state index contributed by atoms with van der Waals surface area (Å²) in [5.41, 5.74) is -1.05. The summed E-state index contributed by atoms with van der Waals surface area (Å²) in [7, 11) is 0. The van der Waals surface area contributed by atoms with Gasteiger partial charge in [0.1, 0.15) is 6.54 Å². The van der Waals surface area contributed by atoms with E-state index in [0.717, 1.165) is 12.1 Å². The minimum Gasteiger partial charge on any atom is -0.353 e. The van der Waals surface area contributed by atoms with Gasteiger partial charge < -0.3 is 4.90 Å². The number of carbonyl (C=O) groups excluding carboxylic acids is 1. The topological polar surface area (TPSA) is 62.7 Å². The third kappa shape index (κ3) is 5.33. The summed E-state index contributed by atoms with van der Waals surface area (Å²) in [6, 6.07) is 2.04. The fourth-order valence-corrected chi connectivity index (χ4v) is 1.72. The summed E-state index contributed by atoms with van der Waals surface area (Å²) in [5, 5.41) is 0. The summed E-state index contributed by atoms with van der Waals surface area (Å²) >= 11 is 0. The molecule has 1 aromatic rings. The normalized spacial score (nSPS) is 11.7. The van der Waals surface area contributed by atoms with Crippen LogP contribution in [-0.4, -0.2) is 25.2 Å². The fourth-order valence-electron chi connectivity index (χ4n) is 1.72. The summed E-state index contributed by atoms with van der Waals surface area (Å²) in [4.78, 5) is 14.2. The molecule has 0 saturated heterocycles. The van der Waals surface area contributed by atoms with Crippen LogP contribution in [0.2, 0.25) is 0 Å². The highest BCUT2D eigenvalue weighted by molar-refractivity contribution is 5.81. The van der Waals surface area contributed by atoms with Gasteiger partial charge in [0.2, 0.25) is 0 Å². The number of anilines is 1. The number of carbonyl (C=O) groups is 1. The van der Waals surface area contributed by atoms with Crippen LogP contribution in [0, 0.1) is 6.57 Å². The second-order valence-corrected chi connectivity index (χ2v) is 4.35. The SMILES string of the molecule is [C-]#[N+]c1ccc(N(CC(=O)NN)CC(F)(F)F)cc1C(F)(F)F. The number of hydrogen-bond donors (Lipinski definition) is 2. The van der Waals surface area contributed by atoms with E-state index in [1.165, 1.54) is 0 Å². The molecule has 0 unspecified atom stereocenters. The Balaban J connectivity index is 3.31. The molecule has 0 bridgehead atoms. The van der Waals surface area contributed by atoms with Crippen molar-refractivity contribution < 1.29 is 31.1 Å². The van der Waals surface area contributed by atoms with Gasteiger partial charge in [-0.25, -0.2) is 10.7 Å². The first-order chi connectivity index (χ1) is 10.5. The van der Waals surface area contributed by atoms with Gasteiger partial charge in [-0.3, -0.25) is 10.2 Å². The second kappa shape index (κ2) is 6.74. The molecule has 0 aliphatic carbocycles. The van der Waals surface area contributed by atoms with Crippen LogP contribution in [0.3, 0.4) is 0 Å². The molecule has 0 heterocycles. The zero-order valence-electron chi connectivity index (χ0n) is 11.3. The van der Waals surface area contributed by atoms with Gasteiger partial charge in [-0.2, -0.15) is 26.3 Å². The number of nitrogens with one attached hydrogen (secondary N) is 1. The number of alkyl halides is 6. The van der Waals surface area contributed by atoms with E-state index in [-0.39, 0.29) is 0 Å². The van der Waals surface area contributed by atoms with E-state index >= 15 is 0 Å². The van der Waals surface area contributed by atoms with Crippen molar-refractivity contribution in [3.63, 3.8) is 0 Å². The molecule has 0 radical (unpaired) electrons. The van der Waals surface area contributed by atoms with Crippen LogP contribution in [0.1, 0.15) is 5.56 Å². The zero-order chi connectivity index (χ0) is 17.8. The van der Waals surface area contributed by atoms with Gasteiger partial charge in [0, 0.05) is 5.69 Å². The van der Waals surface area contributed by atoms with Crippen molar-refractivity contribution in [3.05, 3.63) is 35.2 Å². The first-order valence-corrected chi connectivity index (χ1v) is 5.88. The van der Waals surface area contributed by atoms with Gasteiger partial charge in [0.25, 0.3) is 5.91 Å². The van der Waals surface area contributed by atoms with E-state index in [0.29, 0.717) is 11.0 Å². The predicted molar refractivity (Wildman–Crippen MR) is 68.3 cm³/mol. The Kier molecular flexibility index (Phi) is 5.44. The Morgan fingerprint density at radius 3 is 2.30 bits per heavy atom. The maximum absolute atomic E-state index is 12.9. The molecular weight excluding hydrogens is 330 g/mol. The van der Waals surface area contributed by atoms with Crippen molar-refractivity contribution in [3.8, 4) is 0 Å².